The van der Waals surface area contributed by atoms with Gasteiger partial charge in [-0.2, -0.15) is 5.10 Å². The van der Waals surface area contributed by atoms with Crippen molar-refractivity contribution in [1.82, 2.24) is 19.1 Å². The average molecular weight is 352 g/mol. The van der Waals surface area contributed by atoms with Gasteiger partial charge >= 0.3 is 0 Å². The number of sulfonamides is 1. The fraction of sp³-hybridized carbons (Fsp3) is 0.562. The molecule has 1 N–H and O–H groups in total. The van der Waals surface area contributed by atoms with Crippen LogP contribution in [0.1, 0.15) is 29.5 Å². The fourth-order valence-corrected chi connectivity index (χ4v) is 4.66. The molecule has 0 bridgehead atoms. The molecule has 0 spiro atoms. The Balaban J connectivity index is 1.77. The van der Waals surface area contributed by atoms with E-state index >= 15 is 0 Å². The molecule has 3 heterocycles. The lowest BCUT2D eigenvalue weighted by Gasteiger charge is -2.20. The van der Waals surface area contributed by atoms with Crippen molar-refractivity contribution in [1.29, 1.82) is 0 Å². The summed E-state index contributed by atoms with van der Waals surface area (Å²) >= 11 is 0. The molecule has 0 amide bonds. The van der Waals surface area contributed by atoms with E-state index in [4.69, 9.17) is 4.74 Å². The number of aromatic nitrogens is 3. The monoisotopic (exact) mass is 352 g/mol. The zero-order valence-electron chi connectivity index (χ0n) is 14.5. The van der Waals surface area contributed by atoms with E-state index in [0.29, 0.717) is 13.2 Å². The molecule has 1 fully saturated rings. The first-order valence-corrected chi connectivity index (χ1v) is 9.52. The Bertz CT molecular complexity index is 838. The van der Waals surface area contributed by atoms with Gasteiger partial charge in [-0.3, -0.25) is 4.68 Å². The molecule has 1 aliphatic heterocycles. The van der Waals surface area contributed by atoms with E-state index < -0.39 is 10.0 Å². The molecule has 1 aliphatic rings. The highest BCUT2D eigenvalue weighted by molar-refractivity contribution is 7.89. The van der Waals surface area contributed by atoms with E-state index in [0.717, 1.165) is 23.4 Å². The minimum absolute atomic E-state index is 0.0987. The van der Waals surface area contributed by atoms with Crippen molar-refractivity contribution in [2.75, 3.05) is 13.2 Å². The van der Waals surface area contributed by atoms with Gasteiger partial charge in [0.15, 0.2) is 0 Å². The Morgan fingerprint density at radius 2 is 2.12 bits per heavy atom. The summed E-state index contributed by atoms with van der Waals surface area (Å²) in [5.74, 6) is 0.0987. The van der Waals surface area contributed by atoms with Crippen LogP contribution in [-0.4, -0.2) is 35.9 Å². The van der Waals surface area contributed by atoms with Gasteiger partial charge in [0, 0.05) is 50.6 Å². The normalized spacial score (nSPS) is 21.5. The number of hydrogen-bond donors (Lipinski definition) is 1. The summed E-state index contributed by atoms with van der Waals surface area (Å²) in [6.07, 6.45) is 2.43. The second-order valence-electron chi connectivity index (χ2n) is 6.36. The SMILES string of the molecule is Cc1nn(C)c(C)c1[C@H]1OCC[C@@H]1CNS(=O)(=O)c1cccn1C. The van der Waals surface area contributed by atoms with Gasteiger partial charge in [-0.15, -0.1) is 0 Å². The van der Waals surface area contributed by atoms with Crippen LogP contribution < -0.4 is 4.72 Å². The Labute approximate surface area is 142 Å². The van der Waals surface area contributed by atoms with Crippen LogP contribution in [0.5, 0.6) is 0 Å². The maximum atomic E-state index is 12.5. The molecule has 0 aromatic carbocycles. The summed E-state index contributed by atoms with van der Waals surface area (Å²) in [6, 6.07) is 3.32. The Hall–Kier alpha value is -1.64. The number of ether oxygens (including phenoxy) is 1. The van der Waals surface area contributed by atoms with Gasteiger partial charge in [-0.05, 0) is 32.4 Å². The van der Waals surface area contributed by atoms with Crippen LogP contribution in [0.3, 0.4) is 0 Å². The molecule has 3 rings (SSSR count). The fourth-order valence-electron chi connectivity index (χ4n) is 3.38. The lowest BCUT2D eigenvalue weighted by molar-refractivity contribution is 0.0906. The molecule has 0 saturated carbocycles. The van der Waals surface area contributed by atoms with Gasteiger partial charge in [-0.25, -0.2) is 13.1 Å². The largest absolute Gasteiger partial charge is 0.373 e. The molecule has 0 aliphatic carbocycles. The minimum atomic E-state index is -3.52. The van der Waals surface area contributed by atoms with E-state index in [1.54, 1.807) is 29.9 Å². The highest BCUT2D eigenvalue weighted by Gasteiger charge is 2.34. The molecular weight excluding hydrogens is 328 g/mol. The van der Waals surface area contributed by atoms with Gasteiger partial charge < -0.3 is 9.30 Å². The van der Waals surface area contributed by atoms with Crippen molar-refractivity contribution in [3.05, 3.63) is 35.3 Å². The Morgan fingerprint density at radius 3 is 2.71 bits per heavy atom. The quantitative estimate of drug-likeness (QED) is 0.883. The predicted octanol–water partition coefficient (Wildman–Crippen LogP) is 1.43. The molecule has 0 radical (unpaired) electrons. The first kappa shape index (κ1) is 17.2. The molecule has 0 unspecified atom stereocenters. The first-order valence-electron chi connectivity index (χ1n) is 8.04. The van der Waals surface area contributed by atoms with Crippen LogP contribution in [0.2, 0.25) is 0 Å². The van der Waals surface area contributed by atoms with Crippen molar-refractivity contribution in [2.45, 2.75) is 31.4 Å². The van der Waals surface area contributed by atoms with Crippen LogP contribution in [0, 0.1) is 19.8 Å². The Morgan fingerprint density at radius 1 is 1.38 bits per heavy atom. The topological polar surface area (TPSA) is 78.2 Å². The molecule has 8 heteroatoms. The second kappa shape index (κ2) is 6.34. The third-order valence-electron chi connectivity index (χ3n) is 4.77. The summed E-state index contributed by atoms with van der Waals surface area (Å²) < 4.78 is 37.0. The zero-order chi connectivity index (χ0) is 17.5. The summed E-state index contributed by atoms with van der Waals surface area (Å²) in [5.41, 5.74) is 3.09. The molecule has 24 heavy (non-hydrogen) atoms. The molecule has 2 aromatic heterocycles. The van der Waals surface area contributed by atoms with Gasteiger partial charge in [0.05, 0.1) is 11.8 Å². The summed E-state index contributed by atoms with van der Waals surface area (Å²) in [5, 5.41) is 4.72. The lowest BCUT2D eigenvalue weighted by atomic mass is 9.94. The van der Waals surface area contributed by atoms with Crippen molar-refractivity contribution in [3.8, 4) is 0 Å². The molecule has 2 aromatic rings. The van der Waals surface area contributed by atoms with Crippen LogP contribution in [0.15, 0.2) is 23.4 Å². The van der Waals surface area contributed by atoms with Crippen molar-refractivity contribution in [3.63, 3.8) is 0 Å². The Kier molecular flexibility index (Phi) is 4.54. The third kappa shape index (κ3) is 3.01. The van der Waals surface area contributed by atoms with E-state index in [1.165, 1.54) is 0 Å². The highest BCUT2D eigenvalue weighted by atomic mass is 32.2. The molecule has 1 saturated heterocycles. The van der Waals surface area contributed by atoms with E-state index in [2.05, 4.69) is 9.82 Å². The standard InChI is InChI=1S/C16H24N4O3S/c1-11-15(12(2)20(4)18-11)16-13(7-9-23-16)10-17-24(21,22)14-6-5-8-19(14)3/h5-6,8,13,16-17H,7,9-10H2,1-4H3/t13-,16+/m1/s1. The highest BCUT2D eigenvalue weighted by Crippen LogP contribution is 2.37. The van der Waals surface area contributed by atoms with Crippen LogP contribution in [-0.2, 0) is 28.9 Å². The van der Waals surface area contributed by atoms with Crippen LogP contribution >= 0.6 is 0 Å². The van der Waals surface area contributed by atoms with Crippen LogP contribution in [0.25, 0.3) is 0 Å². The molecule has 2 atom stereocenters. The van der Waals surface area contributed by atoms with Gasteiger partial charge in [-0.1, -0.05) is 0 Å². The number of nitrogens with zero attached hydrogens (tertiary/aromatic N) is 3. The number of hydrogen-bond acceptors (Lipinski definition) is 4. The van der Waals surface area contributed by atoms with Crippen molar-refractivity contribution < 1.29 is 13.2 Å². The van der Waals surface area contributed by atoms with E-state index in [9.17, 15) is 8.42 Å². The van der Waals surface area contributed by atoms with Gasteiger partial charge in [0.2, 0.25) is 0 Å². The van der Waals surface area contributed by atoms with E-state index in [-0.39, 0.29) is 17.0 Å². The molecule has 7 nitrogen and oxygen atoms in total. The van der Waals surface area contributed by atoms with Gasteiger partial charge in [0.1, 0.15) is 5.03 Å². The second-order valence-corrected chi connectivity index (χ2v) is 8.07. The van der Waals surface area contributed by atoms with Gasteiger partial charge in [0.25, 0.3) is 10.0 Å². The molecular formula is C16H24N4O3S. The lowest BCUT2D eigenvalue weighted by Crippen LogP contribution is -2.31. The smallest absolute Gasteiger partial charge is 0.256 e. The van der Waals surface area contributed by atoms with Crippen LogP contribution in [0.4, 0.5) is 0 Å². The molecule has 132 valence electrons. The maximum absolute atomic E-state index is 12.5. The maximum Gasteiger partial charge on any atom is 0.256 e. The zero-order valence-corrected chi connectivity index (χ0v) is 15.3. The predicted molar refractivity (Wildman–Crippen MR) is 90.1 cm³/mol. The summed E-state index contributed by atoms with van der Waals surface area (Å²) in [7, 11) is 0.112. The summed E-state index contributed by atoms with van der Waals surface area (Å²) in [4.78, 5) is 0. The first-order chi connectivity index (χ1) is 11.3. The average Bonchev–Trinajstić information content (AvgIpc) is 3.19. The van der Waals surface area contributed by atoms with Crippen molar-refractivity contribution >= 4 is 10.0 Å². The van der Waals surface area contributed by atoms with Crippen molar-refractivity contribution in [2.24, 2.45) is 20.0 Å². The number of rotatable bonds is 5. The number of aryl methyl sites for hydroxylation is 3. The van der Waals surface area contributed by atoms with E-state index in [1.807, 2.05) is 25.6 Å². The third-order valence-corrected chi connectivity index (χ3v) is 6.29. The number of nitrogens with one attached hydrogen (secondary N) is 1. The minimum Gasteiger partial charge on any atom is -0.373 e. The summed E-state index contributed by atoms with van der Waals surface area (Å²) in [6.45, 7) is 4.97.